The van der Waals surface area contributed by atoms with Crippen LogP contribution in [0.15, 0.2) is 65.6 Å². The van der Waals surface area contributed by atoms with E-state index in [4.69, 9.17) is 11.6 Å². The Bertz CT molecular complexity index is 1600. The second-order valence-corrected chi connectivity index (χ2v) is 12.8. The highest BCUT2D eigenvalue weighted by atomic mass is 35.5. The molecule has 0 saturated carbocycles. The van der Waals surface area contributed by atoms with E-state index in [1.54, 1.807) is 36.4 Å². The van der Waals surface area contributed by atoms with Crippen molar-refractivity contribution in [1.82, 2.24) is 4.90 Å². The van der Waals surface area contributed by atoms with Gasteiger partial charge < -0.3 is 15.1 Å². The van der Waals surface area contributed by atoms with Crippen LogP contribution in [0.25, 0.3) is 12.2 Å². The summed E-state index contributed by atoms with van der Waals surface area (Å²) in [6, 6.07) is 15.2. The van der Waals surface area contributed by atoms with E-state index >= 15 is 0 Å². The summed E-state index contributed by atoms with van der Waals surface area (Å²) in [4.78, 5) is 4.27. The number of hydrogen-bond acceptors (Lipinski definition) is 6. The number of aryl methyl sites for hydroxylation is 1. The lowest BCUT2D eigenvalue weighted by atomic mass is 10.0. The van der Waals surface area contributed by atoms with Crippen molar-refractivity contribution in [3.05, 3.63) is 87.9 Å². The predicted molar refractivity (Wildman–Crippen MR) is 158 cm³/mol. The largest absolute Gasteiger partial charge is 0.417 e. The number of benzene rings is 3. The summed E-state index contributed by atoms with van der Waals surface area (Å²) in [6.07, 6.45) is -2.70. The molecule has 12 heteroatoms. The Morgan fingerprint density at radius 1 is 1.02 bits per heavy atom. The van der Waals surface area contributed by atoms with Crippen molar-refractivity contribution in [3.63, 3.8) is 0 Å². The molecule has 2 aliphatic rings. The van der Waals surface area contributed by atoms with Gasteiger partial charge in [0.05, 0.1) is 47.1 Å². The average Bonchev–Trinajstić information content (AvgIpc) is 2.95. The van der Waals surface area contributed by atoms with Crippen molar-refractivity contribution >= 4 is 45.2 Å². The number of fused-ring (bicyclic) bond motifs is 3. The van der Waals surface area contributed by atoms with E-state index in [1.165, 1.54) is 28.6 Å². The predicted octanol–water partition coefficient (Wildman–Crippen LogP) is 4.89. The lowest BCUT2D eigenvalue weighted by Gasteiger charge is -2.49. The SMILES string of the molecule is Cc1cccc(S(=O)(=O)N2C[C@@H]3CN(C[C@@H](O)CO)CCN3c3ccc(/C=C/c4c(Cl)cccc4C(F)(F)F)cc32)c1. The number of alkyl halides is 3. The molecule has 1 saturated heterocycles. The molecule has 5 rings (SSSR count). The molecule has 2 aliphatic heterocycles. The summed E-state index contributed by atoms with van der Waals surface area (Å²) in [7, 11) is -4.01. The first kappa shape index (κ1) is 30.4. The smallest absolute Gasteiger partial charge is 0.394 e. The Labute approximate surface area is 248 Å². The van der Waals surface area contributed by atoms with Crippen LogP contribution in [0.1, 0.15) is 22.3 Å². The monoisotopic (exact) mass is 621 g/mol. The van der Waals surface area contributed by atoms with Gasteiger partial charge in [-0.15, -0.1) is 0 Å². The van der Waals surface area contributed by atoms with Gasteiger partial charge in [0.25, 0.3) is 10.0 Å². The molecular weight excluding hydrogens is 591 g/mol. The van der Waals surface area contributed by atoms with E-state index in [2.05, 4.69) is 4.90 Å². The first-order chi connectivity index (χ1) is 19.9. The van der Waals surface area contributed by atoms with Gasteiger partial charge in [0, 0.05) is 36.8 Å². The van der Waals surface area contributed by atoms with E-state index in [0.29, 0.717) is 36.6 Å². The Morgan fingerprint density at radius 2 is 1.79 bits per heavy atom. The zero-order valence-electron chi connectivity index (χ0n) is 22.8. The molecule has 0 spiro atoms. The maximum atomic E-state index is 14.0. The molecule has 0 aromatic heterocycles. The highest BCUT2D eigenvalue weighted by Gasteiger charge is 2.40. The molecule has 0 amide bonds. The Morgan fingerprint density at radius 3 is 2.50 bits per heavy atom. The van der Waals surface area contributed by atoms with Crippen LogP contribution < -0.4 is 9.21 Å². The third-order valence-corrected chi connectivity index (χ3v) is 9.68. The molecule has 2 heterocycles. The Hall–Kier alpha value is -3.09. The zero-order valence-corrected chi connectivity index (χ0v) is 24.4. The van der Waals surface area contributed by atoms with Crippen LogP contribution in [0.2, 0.25) is 5.02 Å². The van der Waals surface area contributed by atoms with E-state index in [0.717, 1.165) is 11.6 Å². The first-order valence-corrected chi connectivity index (χ1v) is 15.3. The summed E-state index contributed by atoms with van der Waals surface area (Å²) >= 11 is 6.13. The number of halogens is 4. The van der Waals surface area contributed by atoms with Crippen molar-refractivity contribution < 1.29 is 31.8 Å². The fraction of sp³-hybridized carbons (Fsp3) is 0.333. The third kappa shape index (κ3) is 6.16. The minimum Gasteiger partial charge on any atom is -0.394 e. The number of sulfonamides is 1. The summed E-state index contributed by atoms with van der Waals surface area (Å²) in [5.41, 5.74) is 1.38. The molecule has 0 radical (unpaired) electrons. The van der Waals surface area contributed by atoms with Gasteiger partial charge in [-0.2, -0.15) is 13.2 Å². The molecule has 3 aromatic rings. The first-order valence-electron chi connectivity index (χ1n) is 13.4. The van der Waals surface area contributed by atoms with Crippen molar-refractivity contribution in [3.8, 4) is 0 Å². The molecule has 224 valence electrons. The molecule has 0 aliphatic carbocycles. The molecule has 42 heavy (non-hydrogen) atoms. The van der Waals surface area contributed by atoms with Crippen LogP contribution in [-0.2, 0) is 16.2 Å². The van der Waals surface area contributed by atoms with Gasteiger partial charge in [-0.1, -0.05) is 48.0 Å². The van der Waals surface area contributed by atoms with E-state index in [9.17, 15) is 31.8 Å². The highest BCUT2D eigenvalue weighted by molar-refractivity contribution is 7.92. The van der Waals surface area contributed by atoms with Crippen molar-refractivity contribution in [2.75, 3.05) is 48.5 Å². The lowest BCUT2D eigenvalue weighted by molar-refractivity contribution is -0.137. The molecule has 0 unspecified atom stereocenters. The summed E-state index contributed by atoms with van der Waals surface area (Å²) in [5, 5.41) is 19.2. The molecule has 1 fully saturated rings. The third-order valence-electron chi connectivity index (χ3n) is 7.58. The van der Waals surface area contributed by atoms with Gasteiger partial charge in [0.2, 0.25) is 0 Å². The van der Waals surface area contributed by atoms with Crippen LogP contribution in [0, 0.1) is 6.92 Å². The summed E-state index contributed by atoms with van der Waals surface area (Å²) < 4.78 is 70.3. The van der Waals surface area contributed by atoms with Gasteiger partial charge >= 0.3 is 6.18 Å². The van der Waals surface area contributed by atoms with Crippen molar-refractivity contribution in [2.24, 2.45) is 0 Å². The van der Waals surface area contributed by atoms with Crippen LogP contribution in [-0.4, -0.2) is 75.0 Å². The minimum absolute atomic E-state index is 0.0466. The average molecular weight is 622 g/mol. The van der Waals surface area contributed by atoms with Crippen LogP contribution in [0.4, 0.5) is 24.5 Å². The maximum Gasteiger partial charge on any atom is 0.417 e. The minimum atomic E-state index is -4.59. The van der Waals surface area contributed by atoms with Gasteiger partial charge in [-0.05, 0) is 54.4 Å². The number of aliphatic hydroxyl groups is 2. The van der Waals surface area contributed by atoms with Gasteiger partial charge in [0.15, 0.2) is 0 Å². The molecule has 3 aromatic carbocycles. The lowest BCUT2D eigenvalue weighted by Crippen LogP contribution is -2.61. The second kappa shape index (κ2) is 11.9. The summed E-state index contributed by atoms with van der Waals surface area (Å²) in [5.74, 6) is 0. The van der Waals surface area contributed by atoms with E-state index in [1.807, 2.05) is 17.9 Å². The topological polar surface area (TPSA) is 84.3 Å². The van der Waals surface area contributed by atoms with Crippen LogP contribution in [0.5, 0.6) is 0 Å². The number of β-amino-alcohol motifs (C(OH)–C–C–N with tert-alkyl or cyclic N) is 1. The molecule has 7 nitrogen and oxygen atoms in total. The number of nitrogens with zero attached hydrogens (tertiary/aromatic N) is 3. The van der Waals surface area contributed by atoms with Gasteiger partial charge in [-0.3, -0.25) is 9.21 Å². The second-order valence-electron chi connectivity index (χ2n) is 10.6. The fourth-order valence-electron chi connectivity index (χ4n) is 5.55. The number of anilines is 2. The molecule has 0 bridgehead atoms. The van der Waals surface area contributed by atoms with Gasteiger partial charge in [-0.25, -0.2) is 8.42 Å². The number of aliphatic hydroxyl groups excluding tert-OH is 2. The normalized spacial score (nSPS) is 18.7. The molecular formula is C30H31ClF3N3O4S. The maximum absolute atomic E-state index is 14.0. The summed E-state index contributed by atoms with van der Waals surface area (Å²) in [6.45, 7) is 3.49. The van der Waals surface area contributed by atoms with E-state index in [-0.39, 0.29) is 41.2 Å². The molecule has 2 N–H and O–H groups in total. The van der Waals surface area contributed by atoms with Crippen molar-refractivity contribution in [1.29, 1.82) is 0 Å². The number of piperazine rings is 1. The fourth-order valence-corrected chi connectivity index (χ4v) is 7.41. The highest BCUT2D eigenvalue weighted by Crippen LogP contribution is 2.41. The standard InChI is InChI=1S/C30H31ClF3N3O4S/c1-20-4-2-5-24(14-20)42(40,41)37-17-22-16-35(18-23(39)19-38)12-13-36(22)28-11-9-21(15-29(28)37)8-10-25-26(30(32,33)34)6-3-7-27(25)31/h2-11,14-15,22-23,38-39H,12-13,16-19H2,1H3/b10-8+/t22-,23+/m0/s1. The van der Waals surface area contributed by atoms with Crippen LogP contribution in [0.3, 0.4) is 0 Å². The quantitative estimate of drug-likeness (QED) is 0.366. The Balaban J connectivity index is 1.56. The molecule has 2 atom stereocenters. The Kier molecular flexibility index (Phi) is 8.60. The van der Waals surface area contributed by atoms with Crippen molar-refractivity contribution in [2.45, 2.75) is 30.1 Å². The van der Waals surface area contributed by atoms with Gasteiger partial charge in [0.1, 0.15) is 0 Å². The van der Waals surface area contributed by atoms with E-state index < -0.39 is 27.9 Å². The van der Waals surface area contributed by atoms with Crippen LogP contribution >= 0.6 is 11.6 Å². The number of rotatable bonds is 7. The number of hydrogen-bond donors (Lipinski definition) is 2. The zero-order chi connectivity index (χ0) is 30.2.